The Morgan fingerprint density at radius 2 is 1.83 bits per heavy atom. The molecule has 1 heterocycles. The molecule has 2 rings (SSSR count). The van der Waals surface area contributed by atoms with E-state index in [1.165, 1.54) is 38.0 Å². The molecular weight excluding hydrogens is 222 g/mol. The summed E-state index contributed by atoms with van der Waals surface area (Å²) in [5, 5.41) is 0. The summed E-state index contributed by atoms with van der Waals surface area (Å²) in [6.07, 6.45) is 2.74. The predicted molar refractivity (Wildman–Crippen MR) is 77.6 cm³/mol. The first-order valence-electron chi connectivity index (χ1n) is 6.95. The van der Waals surface area contributed by atoms with Crippen molar-refractivity contribution in [2.75, 3.05) is 39.0 Å². The second-order valence-electron chi connectivity index (χ2n) is 5.37. The van der Waals surface area contributed by atoms with E-state index in [2.05, 4.69) is 35.9 Å². The summed E-state index contributed by atoms with van der Waals surface area (Å²) in [6.45, 7) is 7.14. The molecule has 1 unspecified atom stereocenters. The molecular formula is C15H25N3. The Balaban J connectivity index is 1.83. The average Bonchev–Trinajstić information content (AvgIpc) is 2.89. The van der Waals surface area contributed by atoms with Gasteiger partial charge in [-0.05, 0) is 57.6 Å². The fourth-order valence-electron chi connectivity index (χ4n) is 2.53. The third-order valence-corrected chi connectivity index (χ3v) is 4.05. The van der Waals surface area contributed by atoms with Gasteiger partial charge in [-0.1, -0.05) is 12.1 Å². The maximum Gasteiger partial charge on any atom is 0.0317 e. The highest BCUT2D eigenvalue weighted by atomic mass is 15.2. The van der Waals surface area contributed by atoms with Crippen molar-refractivity contribution in [1.29, 1.82) is 0 Å². The molecule has 3 heteroatoms. The van der Waals surface area contributed by atoms with Crippen molar-refractivity contribution in [2.24, 2.45) is 0 Å². The molecule has 0 bridgehead atoms. The van der Waals surface area contributed by atoms with Gasteiger partial charge in [0, 0.05) is 24.8 Å². The number of nitrogen functional groups attached to an aromatic ring is 1. The first-order valence-corrected chi connectivity index (χ1v) is 6.95. The first-order chi connectivity index (χ1) is 8.66. The maximum absolute atomic E-state index is 5.72. The summed E-state index contributed by atoms with van der Waals surface area (Å²) in [5.74, 6) is 0. The fraction of sp³-hybridized carbons (Fsp3) is 0.600. The summed E-state index contributed by atoms with van der Waals surface area (Å²) in [4.78, 5) is 4.98. The van der Waals surface area contributed by atoms with Crippen molar-refractivity contribution in [2.45, 2.75) is 25.8 Å². The zero-order valence-electron chi connectivity index (χ0n) is 11.6. The molecule has 3 nitrogen and oxygen atoms in total. The van der Waals surface area contributed by atoms with E-state index in [0.717, 1.165) is 12.2 Å². The molecule has 0 aliphatic carbocycles. The van der Waals surface area contributed by atoms with Gasteiger partial charge >= 0.3 is 0 Å². The van der Waals surface area contributed by atoms with E-state index in [4.69, 9.17) is 5.73 Å². The lowest BCUT2D eigenvalue weighted by atomic mass is 10.1. The van der Waals surface area contributed by atoms with Gasteiger partial charge < -0.3 is 10.6 Å². The molecule has 0 radical (unpaired) electrons. The molecule has 0 amide bonds. The molecule has 1 saturated heterocycles. The van der Waals surface area contributed by atoms with E-state index >= 15 is 0 Å². The highest BCUT2D eigenvalue weighted by Gasteiger charge is 2.15. The maximum atomic E-state index is 5.72. The number of nitrogens with zero attached hydrogens (tertiary/aromatic N) is 2. The Morgan fingerprint density at radius 3 is 2.44 bits per heavy atom. The number of likely N-dealkylation sites (tertiary alicyclic amines) is 1. The molecule has 2 N–H and O–H groups in total. The molecule has 100 valence electrons. The molecule has 1 fully saturated rings. The minimum Gasteiger partial charge on any atom is -0.399 e. The standard InChI is InChI=1S/C15H25N3/c1-13(14-5-7-15(16)8-6-14)17(2)11-12-18-9-3-4-10-18/h5-8,13H,3-4,9-12,16H2,1-2H3. The Hall–Kier alpha value is -1.06. The molecule has 1 atom stereocenters. The molecule has 1 aliphatic heterocycles. The van der Waals surface area contributed by atoms with Gasteiger partial charge in [0.05, 0.1) is 0 Å². The fourth-order valence-corrected chi connectivity index (χ4v) is 2.53. The van der Waals surface area contributed by atoms with E-state index in [-0.39, 0.29) is 0 Å². The van der Waals surface area contributed by atoms with Gasteiger partial charge in [-0.3, -0.25) is 4.90 Å². The zero-order valence-corrected chi connectivity index (χ0v) is 11.6. The van der Waals surface area contributed by atoms with Crippen LogP contribution in [0.1, 0.15) is 31.4 Å². The topological polar surface area (TPSA) is 32.5 Å². The highest BCUT2D eigenvalue weighted by molar-refractivity contribution is 5.40. The van der Waals surface area contributed by atoms with Crippen LogP contribution in [0.2, 0.25) is 0 Å². The summed E-state index contributed by atoms with van der Waals surface area (Å²) < 4.78 is 0. The van der Waals surface area contributed by atoms with Gasteiger partial charge in [-0.25, -0.2) is 0 Å². The van der Waals surface area contributed by atoms with E-state index in [9.17, 15) is 0 Å². The number of hydrogen-bond acceptors (Lipinski definition) is 3. The summed E-state index contributed by atoms with van der Waals surface area (Å²) in [6, 6.07) is 8.69. The van der Waals surface area contributed by atoms with Crippen molar-refractivity contribution < 1.29 is 0 Å². The van der Waals surface area contributed by atoms with Crippen LogP contribution in [0.15, 0.2) is 24.3 Å². The number of nitrogens with two attached hydrogens (primary N) is 1. The van der Waals surface area contributed by atoms with Crippen LogP contribution in [-0.2, 0) is 0 Å². The van der Waals surface area contributed by atoms with Gasteiger partial charge in [-0.15, -0.1) is 0 Å². The predicted octanol–water partition coefficient (Wildman–Crippen LogP) is 2.36. The lowest BCUT2D eigenvalue weighted by molar-refractivity contribution is 0.216. The number of benzene rings is 1. The Kier molecular flexibility index (Phi) is 4.61. The van der Waals surface area contributed by atoms with Gasteiger partial charge in [0.2, 0.25) is 0 Å². The summed E-state index contributed by atoms with van der Waals surface area (Å²) >= 11 is 0. The highest BCUT2D eigenvalue weighted by Crippen LogP contribution is 2.19. The Morgan fingerprint density at radius 1 is 1.22 bits per heavy atom. The van der Waals surface area contributed by atoms with Crippen LogP contribution in [-0.4, -0.2) is 43.0 Å². The van der Waals surface area contributed by atoms with Crippen molar-refractivity contribution in [3.8, 4) is 0 Å². The first kappa shape index (κ1) is 13.4. The molecule has 0 aromatic heterocycles. The SMILES string of the molecule is CC(c1ccc(N)cc1)N(C)CCN1CCCC1. The van der Waals surface area contributed by atoms with Gasteiger partial charge in [0.1, 0.15) is 0 Å². The van der Waals surface area contributed by atoms with E-state index in [1.807, 2.05) is 12.1 Å². The van der Waals surface area contributed by atoms with Crippen molar-refractivity contribution in [3.63, 3.8) is 0 Å². The smallest absolute Gasteiger partial charge is 0.0317 e. The van der Waals surface area contributed by atoms with Crippen LogP contribution < -0.4 is 5.73 Å². The number of likely N-dealkylation sites (N-methyl/N-ethyl adjacent to an activating group) is 1. The van der Waals surface area contributed by atoms with Crippen LogP contribution in [0.3, 0.4) is 0 Å². The lowest BCUT2D eigenvalue weighted by Crippen LogP contribution is -2.32. The van der Waals surface area contributed by atoms with E-state index < -0.39 is 0 Å². The minimum atomic E-state index is 0.452. The van der Waals surface area contributed by atoms with Crippen LogP contribution in [0, 0.1) is 0 Å². The van der Waals surface area contributed by atoms with Gasteiger partial charge in [0.25, 0.3) is 0 Å². The quantitative estimate of drug-likeness (QED) is 0.811. The third-order valence-electron chi connectivity index (χ3n) is 4.05. The van der Waals surface area contributed by atoms with Crippen LogP contribution in [0.25, 0.3) is 0 Å². The van der Waals surface area contributed by atoms with Gasteiger partial charge in [-0.2, -0.15) is 0 Å². The number of hydrogen-bond donors (Lipinski definition) is 1. The largest absolute Gasteiger partial charge is 0.399 e. The van der Waals surface area contributed by atoms with Crippen LogP contribution in [0.4, 0.5) is 5.69 Å². The van der Waals surface area contributed by atoms with E-state index in [0.29, 0.717) is 6.04 Å². The van der Waals surface area contributed by atoms with E-state index in [1.54, 1.807) is 0 Å². The number of rotatable bonds is 5. The molecule has 1 aliphatic rings. The Bertz CT molecular complexity index is 355. The lowest BCUT2D eigenvalue weighted by Gasteiger charge is -2.27. The van der Waals surface area contributed by atoms with Gasteiger partial charge in [0.15, 0.2) is 0 Å². The third kappa shape index (κ3) is 3.47. The second kappa shape index (κ2) is 6.21. The Labute approximate surface area is 111 Å². The van der Waals surface area contributed by atoms with Crippen molar-refractivity contribution in [1.82, 2.24) is 9.80 Å². The number of anilines is 1. The normalized spacial score (nSPS) is 18.4. The molecule has 1 aromatic rings. The summed E-state index contributed by atoms with van der Waals surface area (Å²) in [5.41, 5.74) is 7.90. The average molecular weight is 247 g/mol. The van der Waals surface area contributed by atoms with Crippen molar-refractivity contribution in [3.05, 3.63) is 29.8 Å². The summed E-state index contributed by atoms with van der Waals surface area (Å²) in [7, 11) is 2.21. The van der Waals surface area contributed by atoms with Crippen molar-refractivity contribution >= 4 is 5.69 Å². The molecule has 18 heavy (non-hydrogen) atoms. The zero-order chi connectivity index (χ0) is 13.0. The van der Waals surface area contributed by atoms with Crippen LogP contribution >= 0.6 is 0 Å². The van der Waals surface area contributed by atoms with Crippen LogP contribution in [0.5, 0.6) is 0 Å². The molecule has 0 saturated carbocycles. The second-order valence-corrected chi connectivity index (χ2v) is 5.37. The molecule has 0 spiro atoms. The molecule has 1 aromatic carbocycles. The minimum absolute atomic E-state index is 0.452. The monoisotopic (exact) mass is 247 g/mol.